The van der Waals surface area contributed by atoms with Crippen molar-refractivity contribution in [3.8, 4) is 5.75 Å². The van der Waals surface area contributed by atoms with Crippen LogP contribution in [0.15, 0.2) is 18.2 Å². The molecule has 0 radical (unpaired) electrons. The SMILES string of the molecule is COC(=O)c1ccc2c(c1)OCCCCCCC[C@@H]1CCN(C(=O)OC(C)(C)C)[C@H]2C1. The molecule has 1 saturated heterocycles. The fourth-order valence-electron chi connectivity index (χ4n) is 4.56. The quantitative estimate of drug-likeness (QED) is 0.518. The molecule has 0 aliphatic carbocycles. The molecule has 0 unspecified atom stereocenters. The van der Waals surface area contributed by atoms with Gasteiger partial charge in [-0.3, -0.25) is 0 Å². The molecule has 0 spiro atoms. The van der Waals surface area contributed by atoms with Crippen LogP contribution in [0.5, 0.6) is 5.75 Å². The van der Waals surface area contributed by atoms with Crippen molar-refractivity contribution in [1.29, 1.82) is 0 Å². The molecule has 2 aliphatic rings. The first-order valence-electron chi connectivity index (χ1n) is 11.6. The Balaban J connectivity index is 1.97. The lowest BCUT2D eigenvalue weighted by molar-refractivity contribution is 0.00322. The van der Waals surface area contributed by atoms with Crippen LogP contribution >= 0.6 is 0 Å². The van der Waals surface area contributed by atoms with Crippen molar-refractivity contribution in [2.24, 2.45) is 5.92 Å². The molecular formula is C25H37NO5. The van der Waals surface area contributed by atoms with Gasteiger partial charge in [-0.25, -0.2) is 9.59 Å². The van der Waals surface area contributed by atoms with Crippen molar-refractivity contribution in [2.75, 3.05) is 20.3 Å². The van der Waals surface area contributed by atoms with E-state index in [1.165, 1.54) is 32.8 Å². The Kier molecular flexibility index (Phi) is 7.84. The van der Waals surface area contributed by atoms with Crippen LogP contribution in [0.3, 0.4) is 0 Å². The molecule has 0 aromatic heterocycles. The van der Waals surface area contributed by atoms with E-state index >= 15 is 0 Å². The van der Waals surface area contributed by atoms with Crippen LogP contribution in [0.1, 0.15) is 94.1 Å². The maximum absolute atomic E-state index is 13.1. The van der Waals surface area contributed by atoms with Gasteiger partial charge in [0.2, 0.25) is 0 Å². The van der Waals surface area contributed by atoms with Crippen molar-refractivity contribution in [3.05, 3.63) is 29.3 Å². The molecule has 0 saturated carbocycles. The summed E-state index contributed by atoms with van der Waals surface area (Å²) in [4.78, 5) is 27.0. The molecule has 2 bridgehead atoms. The number of rotatable bonds is 1. The van der Waals surface area contributed by atoms with E-state index < -0.39 is 5.60 Å². The molecule has 172 valence electrons. The van der Waals surface area contributed by atoms with E-state index in [1.54, 1.807) is 12.1 Å². The van der Waals surface area contributed by atoms with Crippen LogP contribution in [0.4, 0.5) is 4.79 Å². The lowest BCUT2D eigenvalue weighted by Gasteiger charge is -2.40. The van der Waals surface area contributed by atoms with E-state index in [1.807, 2.05) is 31.7 Å². The molecule has 2 heterocycles. The number of piperidine rings is 1. The highest BCUT2D eigenvalue weighted by molar-refractivity contribution is 5.90. The number of hydrogen-bond donors (Lipinski definition) is 0. The van der Waals surface area contributed by atoms with Crippen LogP contribution in [0.25, 0.3) is 0 Å². The number of nitrogens with zero attached hydrogens (tertiary/aromatic N) is 1. The lowest BCUT2D eigenvalue weighted by Crippen LogP contribution is -2.44. The largest absolute Gasteiger partial charge is 0.493 e. The number of hydrogen-bond acceptors (Lipinski definition) is 5. The number of carbonyl (C=O) groups excluding carboxylic acids is 2. The van der Waals surface area contributed by atoms with Gasteiger partial charge in [-0.1, -0.05) is 38.2 Å². The van der Waals surface area contributed by atoms with Gasteiger partial charge in [0.15, 0.2) is 0 Å². The second kappa shape index (κ2) is 10.4. The maximum atomic E-state index is 13.1. The van der Waals surface area contributed by atoms with Gasteiger partial charge in [-0.05, 0) is 58.1 Å². The summed E-state index contributed by atoms with van der Waals surface area (Å²) >= 11 is 0. The average Bonchev–Trinajstić information content (AvgIpc) is 2.74. The van der Waals surface area contributed by atoms with Crippen molar-refractivity contribution in [2.45, 2.75) is 83.8 Å². The van der Waals surface area contributed by atoms with E-state index in [-0.39, 0.29) is 18.1 Å². The molecular weight excluding hydrogens is 394 g/mol. The van der Waals surface area contributed by atoms with Gasteiger partial charge in [0.25, 0.3) is 0 Å². The number of esters is 1. The Hall–Kier alpha value is -2.24. The second-order valence-corrected chi connectivity index (χ2v) is 9.73. The first kappa shape index (κ1) is 23.4. The van der Waals surface area contributed by atoms with Gasteiger partial charge >= 0.3 is 12.1 Å². The molecule has 3 rings (SSSR count). The van der Waals surface area contributed by atoms with Gasteiger partial charge < -0.3 is 19.1 Å². The topological polar surface area (TPSA) is 65.1 Å². The van der Waals surface area contributed by atoms with Gasteiger partial charge in [-0.15, -0.1) is 0 Å². The smallest absolute Gasteiger partial charge is 0.410 e. The predicted molar refractivity (Wildman–Crippen MR) is 119 cm³/mol. The molecule has 1 amide bonds. The number of amides is 1. The zero-order valence-corrected chi connectivity index (χ0v) is 19.4. The van der Waals surface area contributed by atoms with E-state index in [9.17, 15) is 9.59 Å². The summed E-state index contributed by atoms with van der Waals surface area (Å²) in [7, 11) is 1.38. The summed E-state index contributed by atoms with van der Waals surface area (Å²) in [6, 6.07) is 5.32. The normalized spacial score (nSPS) is 22.6. The molecule has 1 aromatic carbocycles. The Morgan fingerprint density at radius 3 is 2.55 bits per heavy atom. The summed E-state index contributed by atoms with van der Waals surface area (Å²) in [5.74, 6) is 0.846. The average molecular weight is 432 g/mol. The van der Waals surface area contributed by atoms with Crippen molar-refractivity contribution in [1.82, 2.24) is 4.90 Å². The number of ether oxygens (including phenoxy) is 3. The maximum Gasteiger partial charge on any atom is 0.410 e. The molecule has 1 aromatic rings. The summed E-state index contributed by atoms with van der Waals surface area (Å²) in [6.07, 6.45) is 8.60. The monoisotopic (exact) mass is 431 g/mol. The van der Waals surface area contributed by atoms with Crippen molar-refractivity contribution >= 4 is 12.1 Å². The number of fused-ring (bicyclic) bond motifs is 4. The van der Waals surface area contributed by atoms with Gasteiger partial charge in [0.05, 0.1) is 25.3 Å². The Labute approximate surface area is 186 Å². The third-order valence-corrected chi connectivity index (χ3v) is 6.15. The highest BCUT2D eigenvalue weighted by Gasteiger charge is 2.36. The number of likely N-dealkylation sites (tertiary alicyclic amines) is 1. The molecule has 2 aliphatic heterocycles. The number of carbonyl (C=O) groups is 2. The van der Waals surface area contributed by atoms with E-state index in [0.29, 0.717) is 30.4 Å². The first-order valence-corrected chi connectivity index (χ1v) is 11.6. The molecule has 6 heteroatoms. The third-order valence-electron chi connectivity index (χ3n) is 6.15. The zero-order valence-electron chi connectivity index (χ0n) is 19.4. The summed E-state index contributed by atoms with van der Waals surface area (Å²) in [5, 5.41) is 0. The molecule has 1 fully saturated rings. The van der Waals surface area contributed by atoms with E-state index in [0.717, 1.165) is 31.2 Å². The van der Waals surface area contributed by atoms with Crippen LogP contribution in [-0.2, 0) is 9.47 Å². The van der Waals surface area contributed by atoms with Crippen LogP contribution in [0, 0.1) is 5.92 Å². The molecule has 6 nitrogen and oxygen atoms in total. The highest BCUT2D eigenvalue weighted by atomic mass is 16.6. The Morgan fingerprint density at radius 1 is 1.06 bits per heavy atom. The number of methoxy groups -OCH3 is 1. The van der Waals surface area contributed by atoms with Crippen LogP contribution < -0.4 is 4.74 Å². The zero-order chi connectivity index (χ0) is 22.4. The summed E-state index contributed by atoms with van der Waals surface area (Å²) in [5.41, 5.74) is 0.856. The molecule has 31 heavy (non-hydrogen) atoms. The number of benzene rings is 1. The Bertz CT molecular complexity index is 770. The first-order chi connectivity index (χ1) is 14.8. The van der Waals surface area contributed by atoms with E-state index in [4.69, 9.17) is 14.2 Å². The molecule has 0 N–H and O–H groups in total. The third kappa shape index (κ3) is 6.37. The second-order valence-electron chi connectivity index (χ2n) is 9.73. The summed E-state index contributed by atoms with van der Waals surface area (Å²) < 4.78 is 16.8. The highest BCUT2D eigenvalue weighted by Crippen LogP contribution is 2.41. The van der Waals surface area contributed by atoms with E-state index in [2.05, 4.69) is 0 Å². The minimum absolute atomic E-state index is 0.129. The fourth-order valence-corrected chi connectivity index (χ4v) is 4.56. The fraction of sp³-hybridized carbons (Fsp3) is 0.680. The van der Waals surface area contributed by atoms with Gasteiger partial charge in [0.1, 0.15) is 11.4 Å². The van der Waals surface area contributed by atoms with Crippen molar-refractivity contribution < 1.29 is 23.8 Å². The minimum Gasteiger partial charge on any atom is -0.493 e. The minimum atomic E-state index is -0.550. The van der Waals surface area contributed by atoms with Crippen molar-refractivity contribution in [3.63, 3.8) is 0 Å². The van der Waals surface area contributed by atoms with Gasteiger partial charge in [0, 0.05) is 12.1 Å². The van der Waals surface area contributed by atoms with Gasteiger partial charge in [-0.2, -0.15) is 0 Å². The molecule has 2 atom stereocenters. The predicted octanol–water partition coefficient (Wildman–Crippen LogP) is 5.89. The van der Waals surface area contributed by atoms with Crippen LogP contribution in [-0.4, -0.2) is 42.8 Å². The standard InChI is InChI=1S/C25H37NO5/c1-25(2,3)31-24(28)26-14-13-18-10-8-6-5-7-9-15-30-22-17-19(23(27)29-4)11-12-20(22)21(26)16-18/h11-12,17-18,21H,5-10,13-16H2,1-4H3/t18-,21+/m1/s1. The lowest BCUT2D eigenvalue weighted by atomic mass is 9.83. The van der Waals surface area contributed by atoms with Crippen LogP contribution in [0.2, 0.25) is 0 Å². The summed E-state index contributed by atoms with van der Waals surface area (Å²) in [6.45, 7) is 6.94. The Morgan fingerprint density at radius 2 is 1.81 bits per heavy atom.